The summed E-state index contributed by atoms with van der Waals surface area (Å²) < 4.78 is 0. The number of nitro benzene ring substituents is 1. The zero-order valence-corrected chi connectivity index (χ0v) is 12.4. The first-order valence-corrected chi connectivity index (χ1v) is 7.40. The van der Waals surface area contributed by atoms with Gasteiger partial charge in [-0.25, -0.2) is 0 Å². The smallest absolute Gasteiger partial charge is 0.288 e. The van der Waals surface area contributed by atoms with E-state index in [1.54, 1.807) is 12.1 Å². The summed E-state index contributed by atoms with van der Waals surface area (Å²) in [6.07, 6.45) is 3.37. The lowest BCUT2D eigenvalue weighted by molar-refractivity contribution is -0.384. The van der Waals surface area contributed by atoms with Crippen molar-refractivity contribution in [2.75, 3.05) is 25.0 Å². The molecule has 2 rings (SSSR count). The van der Waals surface area contributed by atoms with Gasteiger partial charge >= 0.3 is 0 Å². The van der Waals surface area contributed by atoms with Gasteiger partial charge in [-0.15, -0.1) is 0 Å². The van der Waals surface area contributed by atoms with Crippen LogP contribution in [0.5, 0.6) is 0 Å². The van der Waals surface area contributed by atoms with E-state index >= 15 is 0 Å². The standard InChI is InChI=1S/C14H20ClN3O2/c1-2-7-17-8-5-11(6-9-17)16-12-3-4-14(18(19)20)13(15)10-12/h3-4,10-11,16H,2,5-9H2,1H3. The number of benzene rings is 1. The van der Waals surface area contributed by atoms with Crippen molar-refractivity contribution >= 4 is 23.0 Å². The average molecular weight is 298 g/mol. The predicted molar refractivity (Wildman–Crippen MR) is 81.5 cm³/mol. The Balaban J connectivity index is 1.91. The fraction of sp³-hybridized carbons (Fsp3) is 0.571. The molecule has 0 amide bonds. The number of likely N-dealkylation sites (tertiary alicyclic amines) is 1. The van der Waals surface area contributed by atoms with Crippen LogP contribution >= 0.6 is 11.6 Å². The van der Waals surface area contributed by atoms with E-state index in [-0.39, 0.29) is 10.7 Å². The monoisotopic (exact) mass is 297 g/mol. The van der Waals surface area contributed by atoms with E-state index in [0.717, 1.165) is 38.2 Å². The maximum atomic E-state index is 10.7. The molecule has 1 aliphatic rings. The van der Waals surface area contributed by atoms with Crippen molar-refractivity contribution in [1.82, 2.24) is 4.90 Å². The Hall–Kier alpha value is -1.33. The van der Waals surface area contributed by atoms with Crippen LogP contribution in [0.3, 0.4) is 0 Å². The zero-order valence-electron chi connectivity index (χ0n) is 11.6. The summed E-state index contributed by atoms with van der Waals surface area (Å²) in [4.78, 5) is 12.7. The Labute approximate surface area is 124 Å². The first kappa shape index (κ1) is 15.1. The van der Waals surface area contributed by atoms with E-state index < -0.39 is 4.92 Å². The molecular weight excluding hydrogens is 278 g/mol. The van der Waals surface area contributed by atoms with Gasteiger partial charge in [-0.2, -0.15) is 0 Å². The van der Waals surface area contributed by atoms with Crippen LogP contribution in [0, 0.1) is 10.1 Å². The minimum absolute atomic E-state index is 0.0463. The van der Waals surface area contributed by atoms with Crippen molar-refractivity contribution in [1.29, 1.82) is 0 Å². The molecule has 1 aromatic carbocycles. The molecule has 0 saturated carbocycles. The van der Waals surface area contributed by atoms with Crippen LogP contribution in [0.15, 0.2) is 18.2 Å². The van der Waals surface area contributed by atoms with E-state index in [9.17, 15) is 10.1 Å². The molecule has 1 fully saturated rings. The van der Waals surface area contributed by atoms with Gasteiger partial charge in [0.25, 0.3) is 5.69 Å². The van der Waals surface area contributed by atoms with Crippen molar-refractivity contribution in [2.24, 2.45) is 0 Å². The maximum Gasteiger partial charge on any atom is 0.288 e. The number of halogens is 1. The Morgan fingerprint density at radius 3 is 2.70 bits per heavy atom. The summed E-state index contributed by atoms with van der Waals surface area (Å²) in [6, 6.07) is 5.23. The van der Waals surface area contributed by atoms with Crippen molar-refractivity contribution in [2.45, 2.75) is 32.2 Å². The lowest BCUT2D eigenvalue weighted by Gasteiger charge is -2.32. The van der Waals surface area contributed by atoms with Crippen LogP contribution in [0.25, 0.3) is 0 Å². The lowest BCUT2D eigenvalue weighted by atomic mass is 10.0. The summed E-state index contributed by atoms with van der Waals surface area (Å²) in [5.41, 5.74) is 0.810. The van der Waals surface area contributed by atoms with Crippen molar-refractivity contribution in [3.8, 4) is 0 Å². The molecule has 1 heterocycles. The van der Waals surface area contributed by atoms with E-state index in [0.29, 0.717) is 6.04 Å². The highest BCUT2D eigenvalue weighted by atomic mass is 35.5. The third-order valence-corrected chi connectivity index (χ3v) is 3.95. The third kappa shape index (κ3) is 3.84. The van der Waals surface area contributed by atoms with Gasteiger partial charge in [-0.05, 0) is 37.9 Å². The van der Waals surface area contributed by atoms with Gasteiger partial charge in [0.05, 0.1) is 4.92 Å². The molecule has 0 aromatic heterocycles. The molecule has 1 N–H and O–H groups in total. The molecule has 1 saturated heterocycles. The topological polar surface area (TPSA) is 58.4 Å². The number of nitro groups is 1. The molecule has 0 aliphatic carbocycles. The van der Waals surface area contributed by atoms with E-state index in [1.165, 1.54) is 12.5 Å². The summed E-state index contributed by atoms with van der Waals surface area (Å²) >= 11 is 5.92. The molecule has 5 nitrogen and oxygen atoms in total. The number of hydrogen-bond acceptors (Lipinski definition) is 4. The van der Waals surface area contributed by atoms with Gasteiger partial charge in [0.2, 0.25) is 0 Å². The Morgan fingerprint density at radius 2 is 2.15 bits per heavy atom. The molecule has 6 heteroatoms. The van der Waals surface area contributed by atoms with Crippen molar-refractivity contribution in [3.63, 3.8) is 0 Å². The molecule has 0 spiro atoms. The SMILES string of the molecule is CCCN1CCC(Nc2ccc([N+](=O)[O-])c(Cl)c2)CC1. The quantitative estimate of drug-likeness (QED) is 0.667. The molecule has 1 aromatic rings. The second-order valence-electron chi connectivity index (χ2n) is 5.18. The highest BCUT2D eigenvalue weighted by Crippen LogP contribution is 2.28. The summed E-state index contributed by atoms with van der Waals surface area (Å²) in [7, 11) is 0. The summed E-state index contributed by atoms with van der Waals surface area (Å²) in [5.74, 6) is 0. The first-order valence-electron chi connectivity index (χ1n) is 7.03. The van der Waals surface area contributed by atoms with Crippen LogP contribution in [0.4, 0.5) is 11.4 Å². The number of hydrogen-bond donors (Lipinski definition) is 1. The number of nitrogens with zero attached hydrogens (tertiary/aromatic N) is 2. The molecule has 0 radical (unpaired) electrons. The molecule has 0 unspecified atom stereocenters. The minimum atomic E-state index is -0.463. The maximum absolute atomic E-state index is 10.7. The fourth-order valence-corrected chi connectivity index (χ4v) is 2.85. The number of nitrogens with one attached hydrogen (secondary N) is 1. The number of rotatable bonds is 5. The Morgan fingerprint density at radius 1 is 1.45 bits per heavy atom. The van der Waals surface area contributed by atoms with E-state index in [4.69, 9.17) is 11.6 Å². The first-order chi connectivity index (χ1) is 9.60. The highest BCUT2D eigenvalue weighted by Gasteiger charge is 2.19. The minimum Gasteiger partial charge on any atom is -0.382 e. The van der Waals surface area contributed by atoms with Crippen LogP contribution in [0.2, 0.25) is 5.02 Å². The van der Waals surface area contributed by atoms with Crippen LogP contribution in [-0.2, 0) is 0 Å². The highest BCUT2D eigenvalue weighted by molar-refractivity contribution is 6.32. The Kier molecular flexibility index (Phi) is 5.20. The fourth-order valence-electron chi connectivity index (χ4n) is 2.60. The van der Waals surface area contributed by atoms with E-state index in [1.807, 2.05) is 0 Å². The van der Waals surface area contributed by atoms with Crippen LogP contribution in [-0.4, -0.2) is 35.5 Å². The molecule has 1 aliphatic heterocycles. The largest absolute Gasteiger partial charge is 0.382 e. The molecule has 0 atom stereocenters. The van der Waals surface area contributed by atoms with Crippen LogP contribution in [0.1, 0.15) is 26.2 Å². The molecule has 110 valence electrons. The average Bonchev–Trinajstić information content (AvgIpc) is 2.41. The summed E-state index contributed by atoms with van der Waals surface area (Å²) in [6.45, 7) is 5.57. The number of piperidine rings is 1. The molecule has 20 heavy (non-hydrogen) atoms. The van der Waals surface area contributed by atoms with Crippen molar-refractivity contribution in [3.05, 3.63) is 33.3 Å². The van der Waals surface area contributed by atoms with Crippen molar-refractivity contribution < 1.29 is 4.92 Å². The normalized spacial score (nSPS) is 17.1. The predicted octanol–water partition coefficient (Wildman–Crippen LogP) is 3.53. The van der Waals surface area contributed by atoms with Gasteiger partial charge < -0.3 is 10.2 Å². The van der Waals surface area contributed by atoms with Gasteiger partial charge in [0.1, 0.15) is 5.02 Å². The second-order valence-corrected chi connectivity index (χ2v) is 5.59. The second kappa shape index (κ2) is 6.90. The van der Waals surface area contributed by atoms with Gasteiger partial charge in [0, 0.05) is 30.9 Å². The number of anilines is 1. The van der Waals surface area contributed by atoms with Gasteiger partial charge in [-0.1, -0.05) is 18.5 Å². The third-order valence-electron chi connectivity index (χ3n) is 3.64. The molecule has 0 bridgehead atoms. The van der Waals surface area contributed by atoms with Gasteiger partial charge in [-0.3, -0.25) is 10.1 Å². The van der Waals surface area contributed by atoms with Gasteiger partial charge in [0.15, 0.2) is 0 Å². The lowest BCUT2D eigenvalue weighted by Crippen LogP contribution is -2.39. The molecular formula is C14H20ClN3O2. The Bertz CT molecular complexity index is 473. The summed E-state index contributed by atoms with van der Waals surface area (Å²) in [5, 5.41) is 14.3. The van der Waals surface area contributed by atoms with E-state index in [2.05, 4.69) is 17.1 Å². The van der Waals surface area contributed by atoms with Crippen LogP contribution < -0.4 is 5.32 Å². The zero-order chi connectivity index (χ0) is 14.5.